The predicted molar refractivity (Wildman–Crippen MR) is 106 cm³/mol. The maximum absolute atomic E-state index is 13.0. The van der Waals surface area contributed by atoms with Crippen LogP contribution >= 0.6 is 0 Å². The smallest absolute Gasteiger partial charge is 0.379 e. The Balaban J connectivity index is 2.06. The van der Waals surface area contributed by atoms with E-state index in [0.717, 1.165) is 10.5 Å². The standard InChI is InChI=1S/C21H28F3N3O3/c1-15(25)19(28)26-17(10-9-16-6-3-2-4-7-16)8-5-12-27(18-11-13-30-14-18)20(29)21(22,23)24/h2-8,15,17-18H,9-14,25H2,1H3,(H,26,28)/b8-5+/t15-,17+,18?/m0/s1. The molecular formula is C21H28F3N3O3. The number of carbonyl (C=O) groups excluding carboxylic acids is 2. The summed E-state index contributed by atoms with van der Waals surface area (Å²) >= 11 is 0. The molecule has 6 nitrogen and oxygen atoms in total. The van der Waals surface area contributed by atoms with Crippen molar-refractivity contribution in [1.82, 2.24) is 10.2 Å². The summed E-state index contributed by atoms with van der Waals surface area (Å²) in [4.78, 5) is 24.6. The highest BCUT2D eigenvalue weighted by atomic mass is 19.4. The molecule has 0 aromatic heterocycles. The zero-order chi connectivity index (χ0) is 22.1. The quantitative estimate of drug-likeness (QED) is 0.592. The Labute approximate surface area is 174 Å². The maximum atomic E-state index is 13.0. The van der Waals surface area contributed by atoms with Crippen LogP contribution in [0.5, 0.6) is 0 Å². The van der Waals surface area contributed by atoms with Gasteiger partial charge in [-0.1, -0.05) is 42.5 Å². The topological polar surface area (TPSA) is 84.7 Å². The fourth-order valence-corrected chi connectivity index (χ4v) is 3.16. The fourth-order valence-electron chi connectivity index (χ4n) is 3.16. The molecule has 1 aliphatic heterocycles. The van der Waals surface area contributed by atoms with Gasteiger partial charge >= 0.3 is 12.1 Å². The number of ether oxygens (including phenoxy) is 1. The molecule has 3 atom stereocenters. The molecule has 2 amide bonds. The zero-order valence-corrected chi connectivity index (χ0v) is 16.9. The predicted octanol–water partition coefficient (Wildman–Crippen LogP) is 2.19. The van der Waals surface area contributed by atoms with Gasteiger partial charge in [0.25, 0.3) is 0 Å². The van der Waals surface area contributed by atoms with Gasteiger partial charge in [0.05, 0.1) is 18.7 Å². The fraction of sp³-hybridized carbons (Fsp3) is 0.524. The Morgan fingerprint density at radius 2 is 2.03 bits per heavy atom. The number of aryl methyl sites for hydroxylation is 1. The normalized spacial score (nSPS) is 18.9. The lowest BCUT2D eigenvalue weighted by atomic mass is 10.0. The lowest BCUT2D eigenvalue weighted by Crippen LogP contribution is -2.47. The molecule has 1 unspecified atom stereocenters. The van der Waals surface area contributed by atoms with Gasteiger partial charge in [0, 0.05) is 19.2 Å². The number of hydrogen-bond donors (Lipinski definition) is 2. The Kier molecular flexibility index (Phi) is 8.86. The van der Waals surface area contributed by atoms with E-state index < -0.39 is 30.2 Å². The molecule has 3 N–H and O–H groups in total. The zero-order valence-electron chi connectivity index (χ0n) is 16.9. The number of rotatable bonds is 9. The highest BCUT2D eigenvalue weighted by molar-refractivity contribution is 5.82. The van der Waals surface area contributed by atoms with Gasteiger partial charge in [0.15, 0.2) is 0 Å². The Hall–Kier alpha value is -2.39. The summed E-state index contributed by atoms with van der Waals surface area (Å²) in [5, 5.41) is 2.79. The summed E-state index contributed by atoms with van der Waals surface area (Å²) in [5.41, 5.74) is 6.68. The summed E-state index contributed by atoms with van der Waals surface area (Å²) in [5.74, 6) is -2.24. The summed E-state index contributed by atoms with van der Waals surface area (Å²) in [6.45, 7) is 1.73. The van der Waals surface area contributed by atoms with Crippen LogP contribution in [0.3, 0.4) is 0 Å². The van der Waals surface area contributed by atoms with Crippen molar-refractivity contribution in [1.29, 1.82) is 0 Å². The number of halogens is 3. The van der Waals surface area contributed by atoms with Crippen LogP contribution in [0.25, 0.3) is 0 Å². The van der Waals surface area contributed by atoms with Crippen molar-refractivity contribution in [2.45, 2.75) is 50.5 Å². The van der Waals surface area contributed by atoms with E-state index in [0.29, 0.717) is 25.9 Å². The lowest BCUT2D eigenvalue weighted by Gasteiger charge is -2.27. The van der Waals surface area contributed by atoms with Gasteiger partial charge in [-0.3, -0.25) is 9.59 Å². The first-order chi connectivity index (χ1) is 14.2. The van der Waals surface area contributed by atoms with Crippen LogP contribution in [0, 0.1) is 0 Å². The van der Waals surface area contributed by atoms with Crippen molar-refractivity contribution in [3.63, 3.8) is 0 Å². The number of alkyl halides is 3. The largest absolute Gasteiger partial charge is 0.471 e. The molecule has 0 spiro atoms. The monoisotopic (exact) mass is 427 g/mol. The minimum Gasteiger partial charge on any atom is -0.379 e. The second-order valence-corrected chi connectivity index (χ2v) is 7.33. The first kappa shape index (κ1) is 23.9. The SMILES string of the molecule is C[C@H](N)C(=O)N[C@H](/C=C/CN(C(=O)C(F)(F)F)C1CCOC1)CCc1ccccc1. The first-order valence-corrected chi connectivity index (χ1v) is 9.90. The molecule has 1 fully saturated rings. The van der Waals surface area contributed by atoms with Gasteiger partial charge in [-0.15, -0.1) is 0 Å². The third-order valence-electron chi connectivity index (χ3n) is 4.85. The second-order valence-electron chi connectivity index (χ2n) is 7.33. The Morgan fingerprint density at radius 1 is 1.33 bits per heavy atom. The molecule has 0 radical (unpaired) electrons. The molecule has 9 heteroatoms. The lowest BCUT2D eigenvalue weighted by molar-refractivity contribution is -0.187. The van der Waals surface area contributed by atoms with Gasteiger partial charge in [-0.25, -0.2) is 0 Å². The molecule has 0 bridgehead atoms. The number of carbonyl (C=O) groups is 2. The van der Waals surface area contributed by atoms with E-state index in [1.54, 1.807) is 13.0 Å². The third kappa shape index (κ3) is 7.46. The number of nitrogens with one attached hydrogen (secondary N) is 1. The molecular weight excluding hydrogens is 399 g/mol. The van der Waals surface area contributed by atoms with Gasteiger partial charge in [0.1, 0.15) is 0 Å². The van der Waals surface area contributed by atoms with Crippen molar-refractivity contribution in [3.8, 4) is 0 Å². The van der Waals surface area contributed by atoms with E-state index in [2.05, 4.69) is 5.32 Å². The molecule has 0 aliphatic carbocycles. The molecule has 1 aromatic carbocycles. The van der Waals surface area contributed by atoms with Gasteiger partial charge < -0.3 is 20.7 Å². The first-order valence-electron chi connectivity index (χ1n) is 9.90. The van der Waals surface area contributed by atoms with Crippen LogP contribution < -0.4 is 11.1 Å². The van der Waals surface area contributed by atoms with E-state index >= 15 is 0 Å². The number of hydrogen-bond acceptors (Lipinski definition) is 4. The third-order valence-corrected chi connectivity index (χ3v) is 4.85. The number of benzene rings is 1. The van der Waals surface area contributed by atoms with Crippen LogP contribution in [0.15, 0.2) is 42.5 Å². The van der Waals surface area contributed by atoms with E-state index in [-0.39, 0.29) is 19.1 Å². The minimum absolute atomic E-state index is 0.0779. The molecule has 1 aromatic rings. The summed E-state index contributed by atoms with van der Waals surface area (Å²) < 4.78 is 44.1. The molecule has 1 saturated heterocycles. The van der Waals surface area contributed by atoms with Crippen LogP contribution in [0.4, 0.5) is 13.2 Å². The average Bonchev–Trinajstić information content (AvgIpc) is 3.23. The van der Waals surface area contributed by atoms with Crippen LogP contribution in [0.2, 0.25) is 0 Å². The maximum Gasteiger partial charge on any atom is 0.471 e. The number of nitrogens with two attached hydrogens (primary N) is 1. The number of nitrogens with zero attached hydrogens (tertiary/aromatic N) is 1. The summed E-state index contributed by atoms with van der Waals surface area (Å²) in [7, 11) is 0. The minimum atomic E-state index is -4.95. The van der Waals surface area contributed by atoms with Crippen LogP contribution in [-0.2, 0) is 20.7 Å². The Morgan fingerprint density at radius 3 is 2.60 bits per heavy atom. The molecule has 30 heavy (non-hydrogen) atoms. The van der Waals surface area contributed by atoms with Crippen molar-refractivity contribution < 1.29 is 27.5 Å². The number of amides is 2. The second kappa shape index (κ2) is 11.1. The molecule has 0 saturated carbocycles. The van der Waals surface area contributed by atoms with Gasteiger partial charge in [0.2, 0.25) is 5.91 Å². The van der Waals surface area contributed by atoms with Crippen molar-refractivity contribution >= 4 is 11.8 Å². The van der Waals surface area contributed by atoms with Gasteiger partial charge in [-0.05, 0) is 31.7 Å². The highest BCUT2D eigenvalue weighted by Gasteiger charge is 2.44. The molecule has 1 aliphatic rings. The van der Waals surface area contributed by atoms with Crippen molar-refractivity contribution in [2.75, 3.05) is 19.8 Å². The van der Waals surface area contributed by atoms with E-state index in [4.69, 9.17) is 10.5 Å². The summed E-state index contributed by atoms with van der Waals surface area (Å²) in [6.07, 6.45) is -0.287. The van der Waals surface area contributed by atoms with Crippen molar-refractivity contribution in [2.24, 2.45) is 5.73 Å². The highest BCUT2D eigenvalue weighted by Crippen LogP contribution is 2.23. The molecule has 2 rings (SSSR count). The van der Waals surface area contributed by atoms with Crippen LogP contribution in [0.1, 0.15) is 25.3 Å². The Bertz CT molecular complexity index is 717. The average molecular weight is 427 g/mol. The summed E-state index contributed by atoms with van der Waals surface area (Å²) in [6, 6.07) is 7.87. The molecule has 1 heterocycles. The van der Waals surface area contributed by atoms with Crippen molar-refractivity contribution in [3.05, 3.63) is 48.0 Å². The van der Waals surface area contributed by atoms with E-state index in [1.807, 2.05) is 30.3 Å². The molecule has 166 valence electrons. The van der Waals surface area contributed by atoms with E-state index in [9.17, 15) is 22.8 Å². The van der Waals surface area contributed by atoms with Crippen LogP contribution in [-0.4, -0.2) is 60.8 Å². The van der Waals surface area contributed by atoms with Gasteiger partial charge in [-0.2, -0.15) is 13.2 Å². The van der Waals surface area contributed by atoms with E-state index in [1.165, 1.54) is 6.08 Å².